The Hall–Kier alpha value is -3.65. The minimum atomic E-state index is -0.351. The van der Waals surface area contributed by atoms with E-state index in [1.54, 1.807) is 14.2 Å². The van der Waals surface area contributed by atoms with Crippen molar-refractivity contribution >= 4 is 17.5 Å². The van der Waals surface area contributed by atoms with Gasteiger partial charge in [-0.3, -0.25) is 9.36 Å². The summed E-state index contributed by atoms with van der Waals surface area (Å²) in [5.74, 6) is 2.43. The first-order valence-electron chi connectivity index (χ1n) is 10.8. The molecular weight excluding hydrogens is 453 g/mol. The zero-order chi connectivity index (χ0) is 23.9. The molecule has 0 aliphatic carbocycles. The first kappa shape index (κ1) is 23.5. The molecule has 0 spiro atoms. The van der Waals surface area contributed by atoms with Gasteiger partial charge in [0.15, 0.2) is 16.8 Å². The molecule has 0 saturated carbocycles. The van der Waals surface area contributed by atoms with Gasteiger partial charge in [-0.2, -0.15) is 0 Å². The van der Waals surface area contributed by atoms with E-state index in [1.165, 1.54) is 36.0 Å². The number of methoxy groups -OCH3 is 2. The number of rotatable bonds is 10. The van der Waals surface area contributed by atoms with Gasteiger partial charge in [0.05, 0.1) is 25.5 Å². The average molecular weight is 478 g/mol. The number of ketones is 1. The van der Waals surface area contributed by atoms with Crippen molar-refractivity contribution in [3.63, 3.8) is 0 Å². The van der Waals surface area contributed by atoms with Crippen LogP contribution in [0.2, 0.25) is 0 Å². The highest BCUT2D eigenvalue weighted by Crippen LogP contribution is 2.33. The highest BCUT2D eigenvalue weighted by atomic mass is 32.2. The number of nitrogens with zero attached hydrogens (tertiary/aromatic N) is 3. The van der Waals surface area contributed by atoms with Crippen LogP contribution in [0.25, 0.3) is 17.1 Å². The molecule has 1 aromatic heterocycles. The number of hydrogen-bond acceptors (Lipinski definition) is 6. The minimum Gasteiger partial charge on any atom is -0.497 e. The van der Waals surface area contributed by atoms with Gasteiger partial charge in [0, 0.05) is 17.7 Å². The van der Waals surface area contributed by atoms with Crippen LogP contribution in [0.3, 0.4) is 0 Å². The van der Waals surface area contributed by atoms with Crippen molar-refractivity contribution in [3.05, 3.63) is 84.2 Å². The molecule has 174 valence electrons. The third-order valence-electron chi connectivity index (χ3n) is 5.26. The number of carbonyl (C=O) groups is 1. The largest absolute Gasteiger partial charge is 0.497 e. The van der Waals surface area contributed by atoms with Crippen LogP contribution in [0.4, 0.5) is 4.39 Å². The fourth-order valence-corrected chi connectivity index (χ4v) is 4.40. The molecule has 0 aliphatic heterocycles. The Bertz CT molecular complexity index is 1260. The molecule has 8 heteroatoms. The van der Waals surface area contributed by atoms with E-state index in [1.807, 2.05) is 53.1 Å². The average Bonchev–Trinajstić information content (AvgIpc) is 3.30. The third-order valence-corrected chi connectivity index (χ3v) is 6.27. The van der Waals surface area contributed by atoms with Gasteiger partial charge in [0.1, 0.15) is 17.3 Å². The van der Waals surface area contributed by atoms with Crippen LogP contribution in [0, 0.1) is 5.82 Å². The molecule has 0 amide bonds. The van der Waals surface area contributed by atoms with Crippen LogP contribution in [0.1, 0.15) is 23.2 Å². The molecule has 0 aliphatic rings. The summed E-state index contributed by atoms with van der Waals surface area (Å²) in [6.07, 6.45) is 1.02. The maximum atomic E-state index is 13.1. The summed E-state index contributed by atoms with van der Waals surface area (Å²) in [6, 6.07) is 21.0. The van der Waals surface area contributed by atoms with Crippen LogP contribution in [0.5, 0.6) is 11.5 Å². The molecule has 0 atom stereocenters. The van der Waals surface area contributed by atoms with Crippen LogP contribution in [-0.2, 0) is 0 Å². The summed E-state index contributed by atoms with van der Waals surface area (Å²) in [5.41, 5.74) is 2.23. The maximum Gasteiger partial charge on any atom is 0.196 e. The first-order chi connectivity index (χ1) is 16.6. The number of benzene rings is 3. The molecule has 0 unspecified atom stereocenters. The fourth-order valence-electron chi connectivity index (χ4n) is 3.51. The Morgan fingerprint density at radius 3 is 2.38 bits per heavy atom. The van der Waals surface area contributed by atoms with Crippen molar-refractivity contribution in [2.24, 2.45) is 0 Å². The summed E-state index contributed by atoms with van der Waals surface area (Å²) in [7, 11) is 3.25. The molecule has 1 heterocycles. The first-order valence-corrected chi connectivity index (χ1v) is 11.7. The smallest absolute Gasteiger partial charge is 0.196 e. The van der Waals surface area contributed by atoms with Crippen molar-refractivity contribution in [1.29, 1.82) is 0 Å². The van der Waals surface area contributed by atoms with Gasteiger partial charge in [0.2, 0.25) is 0 Å². The molecule has 6 nitrogen and oxygen atoms in total. The van der Waals surface area contributed by atoms with E-state index in [0.29, 0.717) is 40.9 Å². The monoisotopic (exact) mass is 477 g/mol. The summed E-state index contributed by atoms with van der Waals surface area (Å²) in [4.78, 5) is 12.4. The second kappa shape index (κ2) is 11.0. The van der Waals surface area contributed by atoms with Gasteiger partial charge in [-0.25, -0.2) is 4.39 Å². The molecule has 4 aromatic rings. The second-order valence-corrected chi connectivity index (χ2v) is 8.48. The molecule has 0 N–H and O–H groups in total. The van der Waals surface area contributed by atoms with Gasteiger partial charge in [0.25, 0.3) is 0 Å². The Labute approximate surface area is 201 Å². The quantitative estimate of drug-likeness (QED) is 0.162. The number of aromatic nitrogens is 3. The number of hydrogen-bond donors (Lipinski definition) is 0. The van der Waals surface area contributed by atoms with Gasteiger partial charge >= 0.3 is 0 Å². The van der Waals surface area contributed by atoms with Crippen LogP contribution in [-0.4, -0.2) is 40.5 Å². The lowest BCUT2D eigenvalue weighted by Crippen LogP contribution is -2.02. The van der Waals surface area contributed by atoms with Crippen molar-refractivity contribution in [1.82, 2.24) is 14.8 Å². The Kier molecular flexibility index (Phi) is 7.59. The van der Waals surface area contributed by atoms with Crippen molar-refractivity contribution < 1.29 is 18.7 Å². The predicted octanol–water partition coefficient (Wildman–Crippen LogP) is 5.85. The summed E-state index contributed by atoms with van der Waals surface area (Å²) in [6.45, 7) is 0. The van der Waals surface area contributed by atoms with E-state index in [-0.39, 0.29) is 11.6 Å². The van der Waals surface area contributed by atoms with Gasteiger partial charge in [-0.1, -0.05) is 23.9 Å². The van der Waals surface area contributed by atoms with E-state index < -0.39 is 0 Å². The van der Waals surface area contributed by atoms with Gasteiger partial charge < -0.3 is 9.47 Å². The van der Waals surface area contributed by atoms with E-state index in [4.69, 9.17) is 9.47 Å². The Morgan fingerprint density at radius 2 is 1.68 bits per heavy atom. The van der Waals surface area contributed by atoms with E-state index in [2.05, 4.69) is 10.2 Å². The number of Topliss-reactive ketones (excluding diaryl/α,β-unsaturated/α-hetero) is 1. The van der Waals surface area contributed by atoms with Crippen LogP contribution < -0.4 is 9.47 Å². The summed E-state index contributed by atoms with van der Waals surface area (Å²) in [5, 5.41) is 9.60. The maximum absolute atomic E-state index is 13.1. The predicted molar refractivity (Wildman–Crippen MR) is 131 cm³/mol. The zero-order valence-electron chi connectivity index (χ0n) is 18.9. The standard InChI is InChI=1S/C26H24FN3O3S/c1-32-21-15-13-20(14-16-21)30-25(22-6-3-4-8-24(22)33-2)28-29-26(30)34-17-5-7-23(31)18-9-11-19(27)12-10-18/h3-4,6,8-16H,5,7,17H2,1-2H3. The van der Waals surface area contributed by atoms with Crippen molar-refractivity contribution in [2.75, 3.05) is 20.0 Å². The lowest BCUT2D eigenvalue weighted by Gasteiger charge is -2.13. The normalized spacial score (nSPS) is 10.8. The molecular formula is C26H24FN3O3S. The summed E-state index contributed by atoms with van der Waals surface area (Å²) < 4.78 is 25.9. The molecule has 4 rings (SSSR count). The number of thioether (sulfide) groups is 1. The summed E-state index contributed by atoms with van der Waals surface area (Å²) >= 11 is 1.53. The zero-order valence-corrected chi connectivity index (χ0v) is 19.7. The van der Waals surface area contributed by atoms with Gasteiger partial charge in [-0.05, 0) is 67.1 Å². The number of ether oxygens (including phenoxy) is 2. The Morgan fingerprint density at radius 1 is 0.941 bits per heavy atom. The lowest BCUT2D eigenvalue weighted by molar-refractivity contribution is 0.0982. The molecule has 0 bridgehead atoms. The highest BCUT2D eigenvalue weighted by Gasteiger charge is 2.19. The number of halogens is 1. The van der Waals surface area contributed by atoms with Crippen LogP contribution >= 0.6 is 11.8 Å². The topological polar surface area (TPSA) is 66.2 Å². The second-order valence-electron chi connectivity index (χ2n) is 7.42. The highest BCUT2D eigenvalue weighted by molar-refractivity contribution is 7.99. The third kappa shape index (κ3) is 5.28. The van der Waals surface area contributed by atoms with Gasteiger partial charge in [-0.15, -0.1) is 10.2 Å². The lowest BCUT2D eigenvalue weighted by atomic mass is 10.1. The number of carbonyl (C=O) groups excluding carboxylic acids is 1. The molecule has 3 aromatic carbocycles. The van der Waals surface area contributed by atoms with Crippen molar-refractivity contribution in [3.8, 4) is 28.6 Å². The molecule has 0 radical (unpaired) electrons. The van der Waals surface area contributed by atoms with E-state index in [9.17, 15) is 9.18 Å². The van der Waals surface area contributed by atoms with E-state index >= 15 is 0 Å². The fraction of sp³-hybridized carbons (Fsp3) is 0.192. The Balaban J connectivity index is 1.55. The molecule has 34 heavy (non-hydrogen) atoms. The van der Waals surface area contributed by atoms with E-state index in [0.717, 1.165) is 17.0 Å². The minimum absolute atomic E-state index is 0.00747. The SMILES string of the molecule is COc1ccc(-n2c(SCCCC(=O)c3ccc(F)cc3)nnc2-c2ccccc2OC)cc1. The van der Waals surface area contributed by atoms with Crippen LogP contribution in [0.15, 0.2) is 78.0 Å². The molecule has 0 fully saturated rings. The molecule has 0 saturated heterocycles. The number of para-hydroxylation sites is 1. The van der Waals surface area contributed by atoms with Crippen molar-refractivity contribution in [2.45, 2.75) is 18.0 Å².